The number of aliphatic carboxylic acids is 1. The molecule has 0 radical (unpaired) electrons. The molecule has 1 aliphatic heterocycles. The summed E-state index contributed by atoms with van der Waals surface area (Å²) in [6, 6.07) is 1.88. The molecule has 0 bridgehead atoms. The van der Waals surface area contributed by atoms with Crippen molar-refractivity contribution >= 4 is 5.97 Å². The van der Waals surface area contributed by atoms with Crippen LogP contribution < -0.4 is 0 Å². The average Bonchev–Trinajstić information content (AvgIpc) is 2.98. The highest BCUT2D eigenvalue weighted by Crippen LogP contribution is 2.40. The summed E-state index contributed by atoms with van der Waals surface area (Å²) in [5.41, 5.74) is 0.826. The maximum absolute atomic E-state index is 11.4. The van der Waals surface area contributed by atoms with Crippen LogP contribution in [0.15, 0.2) is 16.9 Å². The van der Waals surface area contributed by atoms with Gasteiger partial charge in [0.15, 0.2) is 0 Å². The fourth-order valence-electron chi connectivity index (χ4n) is 3.53. The molecule has 0 amide bonds. The van der Waals surface area contributed by atoms with Crippen molar-refractivity contribution in [1.29, 1.82) is 0 Å². The number of hydrogen-bond acceptors (Lipinski definition) is 4. The lowest BCUT2D eigenvalue weighted by atomic mass is 9.85. The van der Waals surface area contributed by atoms with Crippen molar-refractivity contribution in [3.05, 3.63) is 18.0 Å². The number of carboxylic acids is 1. The number of hydrogen-bond donors (Lipinski definition) is 1. The third-order valence-corrected chi connectivity index (χ3v) is 4.34. The summed E-state index contributed by atoms with van der Waals surface area (Å²) in [7, 11) is 0. The van der Waals surface area contributed by atoms with E-state index in [0.717, 1.165) is 18.5 Å². The molecule has 1 aromatic heterocycles. The van der Waals surface area contributed by atoms with Crippen LogP contribution in [0.4, 0.5) is 0 Å². The van der Waals surface area contributed by atoms with Gasteiger partial charge >= 0.3 is 5.97 Å². The highest BCUT2D eigenvalue weighted by molar-refractivity contribution is 5.74. The smallest absolute Gasteiger partial charge is 0.320 e. The summed E-state index contributed by atoms with van der Waals surface area (Å²) in [4.78, 5) is 13.5. The highest BCUT2D eigenvalue weighted by atomic mass is 16.5. The van der Waals surface area contributed by atoms with Gasteiger partial charge in [0.2, 0.25) is 0 Å². The molecule has 3 atom stereocenters. The maximum atomic E-state index is 11.4. The highest BCUT2D eigenvalue weighted by Gasteiger charge is 2.45. The van der Waals surface area contributed by atoms with Crippen LogP contribution in [0.5, 0.6) is 0 Å². The molecular formula is C13H18N2O3. The van der Waals surface area contributed by atoms with Gasteiger partial charge in [-0.25, -0.2) is 0 Å². The Hall–Kier alpha value is -1.36. The average molecular weight is 250 g/mol. The van der Waals surface area contributed by atoms with Crippen molar-refractivity contribution in [3.8, 4) is 0 Å². The predicted octanol–water partition coefficient (Wildman–Crippen LogP) is 1.89. The monoisotopic (exact) mass is 250 g/mol. The molecule has 1 aliphatic carbocycles. The molecule has 0 unspecified atom stereocenters. The molecular weight excluding hydrogens is 232 g/mol. The largest absolute Gasteiger partial charge is 0.480 e. The van der Waals surface area contributed by atoms with E-state index in [9.17, 15) is 9.90 Å². The topological polar surface area (TPSA) is 66.6 Å². The van der Waals surface area contributed by atoms with Gasteiger partial charge in [0.05, 0.1) is 5.69 Å². The standard InChI is InChI=1S/C13H18N2O3/c16-13(17)12-7-9-3-1-2-4-11(9)15(12)8-10-5-6-18-14-10/h5-6,9,11-12H,1-4,7-8H2,(H,16,17)/t9-,11+,12+/m1/s1. The van der Waals surface area contributed by atoms with E-state index in [2.05, 4.69) is 10.1 Å². The second-order valence-electron chi connectivity index (χ2n) is 5.36. The summed E-state index contributed by atoms with van der Waals surface area (Å²) in [6.07, 6.45) is 7.07. The SMILES string of the molecule is O=C(O)[C@@H]1C[C@H]2CCCC[C@@H]2N1Cc1ccon1. The summed E-state index contributed by atoms with van der Waals surface area (Å²) in [6.45, 7) is 0.592. The van der Waals surface area contributed by atoms with Gasteiger partial charge in [0.25, 0.3) is 0 Å². The van der Waals surface area contributed by atoms with Crippen LogP contribution in [0.2, 0.25) is 0 Å². The lowest BCUT2D eigenvalue weighted by Crippen LogP contribution is -2.41. The van der Waals surface area contributed by atoms with Gasteiger partial charge in [-0.2, -0.15) is 0 Å². The minimum atomic E-state index is -0.701. The van der Waals surface area contributed by atoms with Crippen molar-refractivity contribution in [2.75, 3.05) is 0 Å². The second-order valence-corrected chi connectivity index (χ2v) is 5.36. The van der Waals surface area contributed by atoms with Gasteiger partial charge in [0.1, 0.15) is 12.3 Å². The molecule has 3 rings (SSSR count). The van der Waals surface area contributed by atoms with Crippen molar-refractivity contribution in [3.63, 3.8) is 0 Å². The predicted molar refractivity (Wildman–Crippen MR) is 63.8 cm³/mol. The zero-order valence-electron chi connectivity index (χ0n) is 10.3. The molecule has 5 nitrogen and oxygen atoms in total. The van der Waals surface area contributed by atoms with Gasteiger partial charge in [-0.15, -0.1) is 0 Å². The Kier molecular flexibility index (Phi) is 3.07. The minimum absolute atomic E-state index is 0.352. The van der Waals surface area contributed by atoms with E-state index in [0.29, 0.717) is 18.5 Å². The van der Waals surface area contributed by atoms with E-state index >= 15 is 0 Å². The van der Waals surface area contributed by atoms with Crippen molar-refractivity contribution in [2.45, 2.75) is 50.7 Å². The molecule has 2 fully saturated rings. The van der Waals surface area contributed by atoms with Gasteiger partial charge < -0.3 is 9.63 Å². The third kappa shape index (κ3) is 2.03. The lowest BCUT2D eigenvalue weighted by Gasteiger charge is -2.32. The normalized spacial score (nSPS) is 32.3. The van der Waals surface area contributed by atoms with Crippen LogP contribution in [-0.4, -0.2) is 33.2 Å². The zero-order valence-corrected chi connectivity index (χ0v) is 10.3. The second kappa shape index (κ2) is 4.72. The first-order valence-electron chi connectivity index (χ1n) is 6.63. The Bertz CT molecular complexity index is 418. The van der Waals surface area contributed by atoms with Crippen LogP contribution in [0.1, 0.15) is 37.8 Å². The van der Waals surface area contributed by atoms with E-state index in [1.807, 2.05) is 6.07 Å². The number of aromatic nitrogens is 1. The number of carboxylic acid groups (broad SMARTS) is 1. The Morgan fingerprint density at radius 3 is 3.06 bits per heavy atom. The van der Waals surface area contributed by atoms with E-state index in [-0.39, 0.29) is 6.04 Å². The summed E-state index contributed by atoms with van der Waals surface area (Å²) >= 11 is 0. The number of rotatable bonds is 3. The van der Waals surface area contributed by atoms with Crippen molar-refractivity contribution < 1.29 is 14.4 Å². The first-order valence-corrected chi connectivity index (χ1v) is 6.63. The third-order valence-electron chi connectivity index (χ3n) is 4.34. The Morgan fingerprint density at radius 2 is 2.33 bits per heavy atom. The van der Waals surface area contributed by atoms with Crippen LogP contribution in [0, 0.1) is 5.92 Å². The summed E-state index contributed by atoms with van der Waals surface area (Å²) < 4.78 is 4.83. The fourth-order valence-corrected chi connectivity index (χ4v) is 3.53. The first-order chi connectivity index (χ1) is 8.75. The van der Waals surface area contributed by atoms with Crippen LogP contribution in [0.25, 0.3) is 0 Å². The first kappa shape index (κ1) is 11.7. The molecule has 1 N–H and O–H groups in total. The Labute approximate surface area is 106 Å². The number of fused-ring (bicyclic) bond motifs is 1. The fraction of sp³-hybridized carbons (Fsp3) is 0.692. The number of likely N-dealkylation sites (tertiary alicyclic amines) is 1. The van der Waals surface area contributed by atoms with Crippen molar-refractivity contribution in [1.82, 2.24) is 10.1 Å². The maximum Gasteiger partial charge on any atom is 0.320 e. The Morgan fingerprint density at radius 1 is 1.50 bits per heavy atom. The number of carbonyl (C=O) groups is 1. The van der Waals surface area contributed by atoms with E-state index < -0.39 is 5.97 Å². The van der Waals surface area contributed by atoms with Crippen LogP contribution >= 0.6 is 0 Å². The van der Waals surface area contributed by atoms with Gasteiger partial charge in [-0.3, -0.25) is 9.69 Å². The quantitative estimate of drug-likeness (QED) is 0.887. The van der Waals surface area contributed by atoms with Gasteiger partial charge in [-0.05, 0) is 25.2 Å². The molecule has 1 saturated carbocycles. The van der Waals surface area contributed by atoms with Crippen molar-refractivity contribution in [2.24, 2.45) is 5.92 Å². The van der Waals surface area contributed by atoms with Crippen LogP contribution in [-0.2, 0) is 11.3 Å². The zero-order chi connectivity index (χ0) is 12.5. The van der Waals surface area contributed by atoms with Gasteiger partial charge in [-0.1, -0.05) is 18.0 Å². The molecule has 2 heterocycles. The minimum Gasteiger partial charge on any atom is -0.480 e. The Balaban J connectivity index is 1.80. The molecule has 5 heteroatoms. The molecule has 1 saturated heterocycles. The molecule has 18 heavy (non-hydrogen) atoms. The number of nitrogens with zero attached hydrogens (tertiary/aromatic N) is 2. The molecule has 1 aromatic rings. The molecule has 0 spiro atoms. The lowest BCUT2D eigenvalue weighted by molar-refractivity contribution is -0.142. The summed E-state index contributed by atoms with van der Waals surface area (Å²) in [5.74, 6) is -0.153. The van der Waals surface area contributed by atoms with E-state index in [4.69, 9.17) is 4.52 Å². The molecule has 0 aromatic carbocycles. The van der Waals surface area contributed by atoms with E-state index in [1.165, 1.54) is 19.3 Å². The molecule has 98 valence electrons. The van der Waals surface area contributed by atoms with Crippen LogP contribution in [0.3, 0.4) is 0 Å². The molecule has 2 aliphatic rings. The van der Waals surface area contributed by atoms with E-state index in [1.54, 1.807) is 6.26 Å². The van der Waals surface area contributed by atoms with Gasteiger partial charge in [0, 0.05) is 18.7 Å². The summed E-state index contributed by atoms with van der Waals surface area (Å²) in [5, 5.41) is 13.3.